The highest BCUT2D eigenvalue weighted by Crippen LogP contribution is 2.23. The van der Waals surface area contributed by atoms with Crippen molar-refractivity contribution in [3.63, 3.8) is 0 Å². The highest BCUT2D eigenvalue weighted by Gasteiger charge is 2.15. The summed E-state index contributed by atoms with van der Waals surface area (Å²) in [6, 6.07) is 4.00. The molecule has 0 spiro atoms. The minimum absolute atomic E-state index is 0.174. The number of benzene rings is 1. The number of halogens is 1. The van der Waals surface area contributed by atoms with Gasteiger partial charge in [0.25, 0.3) is 5.91 Å². The van der Waals surface area contributed by atoms with Crippen molar-refractivity contribution in [1.82, 2.24) is 4.90 Å². The van der Waals surface area contributed by atoms with Crippen LogP contribution in [0, 0.1) is 0 Å². The van der Waals surface area contributed by atoms with Crippen LogP contribution in [0.3, 0.4) is 0 Å². The largest absolute Gasteiger partial charge is 0.345 e. The predicted octanol–water partition coefficient (Wildman–Crippen LogP) is 1.88. The molecule has 0 aliphatic rings. The zero-order chi connectivity index (χ0) is 15.3. The van der Waals surface area contributed by atoms with Crippen LogP contribution in [0.1, 0.15) is 16.8 Å². The van der Waals surface area contributed by atoms with Gasteiger partial charge in [0.05, 0.1) is 16.8 Å². The van der Waals surface area contributed by atoms with E-state index in [1.165, 1.54) is 11.0 Å². The lowest BCUT2D eigenvalue weighted by Gasteiger charge is -2.14. The third kappa shape index (κ3) is 4.08. The fourth-order valence-corrected chi connectivity index (χ4v) is 1.69. The van der Waals surface area contributed by atoms with Crippen molar-refractivity contribution in [3.8, 4) is 0 Å². The number of hydrogen-bond donors (Lipinski definition) is 2. The average Bonchev–Trinajstić information content (AvgIpc) is 2.40. The summed E-state index contributed by atoms with van der Waals surface area (Å²) in [5.74, 6) is -0.547. The summed E-state index contributed by atoms with van der Waals surface area (Å²) in [5.41, 5.74) is 6.47. The molecule has 1 atom stereocenters. The highest BCUT2D eigenvalue weighted by molar-refractivity contribution is 6.34. The third-order valence-electron chi connectivity index (χ3n) is 2.63. The lowest BCUT2D eigenvalue weighted by molar-refractivity contribution is -0.117. The molecule has 3 N–H and O–H groups in total. The van der Waals surface area contributed by atoms with Crippen LogP contribution in [0.25, 0.3) is 0 Å². The van der Waals surface area contributed by atoms with Gasteiger partial charge in [-0.15, -0.1) is 6.58 Å². The third-order valence-corrected chi connectivity index (χ3v) is 2.96. The van der Waals surface area contributed by atoms with Gasteiger partial charge in [-0.2, -0.15) is 0 Å². The van der Waals surface area contributed by atoms with Gasteiger partial charge in [0, 0.05) is 19.7 Å². The Bertz CT molecular complexity index is 529. The zero-order valence-electron chi connectivity index (χ0n) is 11.5. The predicted molar refractivity (Wildman–Crippen MR) is 80.9 cm³/mol. The first-order chi connectivity index (χ1) is 9.36. The number of hydrogen-bond acceptors (Lipinski definition) is 3. The van der Waals surface area contributed by atoms with E-state index < -0.39 is 6.04 Å². The van der Waals surface area contributed by atoms with Crippen LogP contribution >= 0.6 is 11.6 Å². The van der Waals surface area contributed by atoms with E-state index in [2.05, 4.69) is 11.9 Å². The molecule has 1 rings (SSSR count). The topological polar surface area (TPSA) is 75.4 Å². The maximum Gasteiger partial charge on any atom is 0.253 e. The summed E-state index contributed by atoms with van der Waals surface area (Å²) in [7, 11) is 3.30. The molecule has 0 radical (unpaired) electrons. The van der Waals surface area contributed by atoms with Gasteiger partial charge in [0.2, 0.25) is 5.91 Å². The van der Waals surface area contributed by atoms with Crippen molar-refractivity contribution in [1.29, 1.82) is 0 Å². The summed E-state index contributed by atoms with van der Waals surface area (Å²) in [6.07, 6.45) is 1.93. The van der Waals surface area contributed by atoms with Gasteiger partial charge in [0.15, 0.2) is 0 Å². The van der Waals surface area contributed by atoms with Gasteiger partial charge >= 0.3 is 0 Å². The van der Waals surface area contributed by atoms with Gasteiger partial charge in [-0.1, -0.05) is 17.7 Å². The Morgan fingerprint density at radius 1 is 1.50 bits per heavy atom. The molecule has 0 bridgehead atoms. The lowest BCUT2D eigenvalue weighted by Crippen LogP contribution is -2.35. The van der Waals surface area contributed by atoms with Gasteiger partial charge in [-0.05, 0) is 24.6 Å². The van der Waals surface area contributed by atoms with Crippen LogP contribution in [0.5, 0.6) is 0 Å². The van der Waals surface area contributed by atoms with Crippen LogP contribution in [0.15, 0.2) is 30.9 Å². The minimum atomic E-state index is -0.697. The van der Waals surface area contributed by atoms with Gasteiger partial charge in [-0.25, -0.2) is 0 Å². The Hall–Kier alpha value is -1.85. The average molecular weight is 296 g/mol. The van der Waals surface area contributed by atoms with E-state index in [1.807, 2.05) is 0 Å². The molecule has 0 fully saturated rings. The first-order valence-corrected chi connectivity index (χ1v) is 6.43. The van der Waals surface area contributed by atoms with Crippen LogP contribution in [-0.4, -0.2) is 36.9 Å². The molecule has 108 valence electrons. The molecule has 2 amide bonds. The van der Waals surface area contributed by atoms with E-state index in [0.29, 0.717) is 22.7 Å². The summed E-state index contributed by atoms with van der Waals surface area (Å²) >= 11 is 6.01. The van der Waals surface area contributed by atoms with E-state index in [0.717, 1.165) is 0 Å². The Morgan fingerprint density at radius 2 is 2.15 bits per heavy atom. The monoisotopic (exact) mass is 295 g/mol. The van der Waals surface area contributed by atoms with Crippen molar-refractivity contribution in [2.45, 2.75) is 12.5 Å². The van der Waals surface area contributed by atoms with E-state index in [9.17, 15) is 9.59 Å². The van der Waals surface area contributed by atoms with Crippen molar-refractivity contribution < 1.29 is 9.59 Å². The van der Waals surface area contributed by atoms with Gasteiger partial charge in [0.1, 0.15) is 0 Å². The molecule has 6 heteroatoms. The van der Waals surface area contributed by atoms with E-state index in [1.54, 1.807) is 32.3 Å². The minimum Gasteiger partial charge on any atom is -0.345 e. The van der Waals surface area contributed by atoms with Crippen LogP contribution < -0.4 is 11.1 Å². The first-order valence-electron chi connectivity index (χ1n) is 6.05. The van der Waals surface area contributed by atoms with Crippen molar-refractivity contribution >= 4 is 29.1 Å². The SMILES string of the molecule is C=CCC(N)C(=O)Nc1cc(C(=O)N(C)C)ccc1Cl. The van der Waals surface area contributed by atoms with E-state index >= 15 is 0 Å². The molecule has 0 aromatic heterocycles. The smallest absolute Gasteiger partial charge is 0.253 e. The number of anilines is 1. The summed E-state index contributed by atoms with van der Waals surface area (Å²) in [6.45, 7) is 3.53. The summed E-state index contributed by atoms with van der Waals surface area (Å²) in [4.78, 5) is 25.1. The standard InChI is InChI=1S/C14H18ClN3O2/c1-4-5-11(16)13(19)17-12-8-9(6-7-10(12)15)14(20)18(2)3/h4,6-8,11H,1,5,16H2,2-3H3,(H,17,19). The number of carbonyl (C=O) groups excluding carboxylic acids is 2. The molecule has 0 aliphatic carbocycles. The van der Waals surface area contributed by atoms with Crippen molar-refractivity contribution in [3.05, 3.63) is 41.4 Å². The molecule has 0 saturated heterocycles. The fourth-order valence-electron chi connectivity index (χ4n) is 1.52. The van der Waals surface area contributed by atoms with Crippen LogP contribution in [0.4, 0.5) is 5.69 Å². The molecule has 0 saturated carbocycles. The molecule has 0 heterocycles. The Balaban J connectivity index is 2.95. The number of nitrogens with two attached hydrogens (primary N) is 1. The van der Waals surface area contributed by atoms with Crippen LogP contribution in [-0.2, 0) is 4.79 Å². The quantitative estimate of drug-likeness (QED) is 0.815. The normalized spacial score (nSPS) is 11.6. The van der Waals surface area contributed by atoms with Crippen molar-refractivity contribution in [2.75, 3.05) is 19.4 Å². The van der Waals surface area contributed by atoms with Gasteiger partial charge in [-0.3, -0.25) is 9.59 Å². The van der Waals surface area contributed by atoms with E-state index in [4.69, 9.17) is 17.3 Å². The maximum absolute atomic E-state index is 11.9. The van der Waals surface area contributed by atoms with E-state index in [-0.39, 0.29) is 11.8 Å². The molecular weight excluding hydrogens is 278 g/mol. The summed E-state index contributed by atoms with van der Waals surface area (Å²) < 4.78 is 0. The molecule has 5 nitrogen and oxygen atoms in total. The Kier molecular flexibility index (Phi) is 5.73. The molecule has 0 aliphatic heterocycles. The maximum atomic E-state index is 11.9. The van der Waals surface area contributed by atoms with Crippen molar-refractivity contribution in [2.24, 2.45) is 5.73 Å². The molecular formula is C14H18ClN3O2. The molecule has 1 aromatic rings. The summed E-state index contributed by atoms with van der Waals surface area (Å²) in [5, 5.41) is 2.96. The second-order valence-corrected chi connectivity index (χ2v) is 4.92. The zero-order valence-corrected chi connectivity index (χ0v) is 12.3. The molecule has 1 unspecified atom stereocenters. The second-order valence-electron chi connectivity index (χ2n) is 4.51. The fraction of sp³-hybridized carbons (Fsp3) is 0.286. The molecule has 20 heavy (non-hydrogen) atoms. The first kappa shape index (κ1) is 16.2. The number of nitrogens with one attached hydrogen (secondary N) is 1. The highest BCUT2D eigenvalue weighted by atomic mass is 35.5. The van der Waals surface area contributed by atoms with Gasteiger partial charge < -0.3 is 16.0 Å². The Labute approximate surface area is 123 Å². The van der Waals surface area contributed by atoms with Crippen LogP contribution in [0.2, 0.25) is 5.02 Å². The number of amides is 2. The number of nitrogens with zero attached hydrogens (tertiary/aromatic N) is 1. The Morgan fingerprint density at radius 3 is 2.70 bits per heavy atom. The second kappa shape index (κ2) is 7.07. The number of rotatable bonds is 5. The number of carbonyl (C=O) groups is 2. The lowest BCUT2D eigenvalue weighted by atomic mass is 10.1. The molecule has 1 aromatic carbocycles.